The number of anilines is 1. The van der Waals surface area contributed by atoms with Crippen molar-refractivity contribution in [3.63, 3.8) is 0 Å². The molecule has 3 nitrogen and oxygen atoms in total. The summed E-state index contributed by atoms with van der Waals surface area (Å²) < 4.78 is 2.17. The van der Waals surface area contributed by atoms with Gasteiger partial charge in [-0.15, -0.1) is 0 Å². The highest BCUT2D eigenvalue weighted by atomic mass is 35.5. The van der Waals surface area contributed by atoms with E-state index in [0.717, 1.165) is 28.9 Å². The molecule has 0 atom stereocenters. The molecule has 1 aliphatic carbocycles. The van der Waals surface area contributed by atoms with Crippen LogP contribution in [0.1, 0.15) is 53.0 Å². The lowest BCUT2D eigenvalue weighted by molar-refractivity contribution is 0.0747. The van der Waals surface area contributed by atoms with Gasteiger partial charge in [-0.2, -0.15) is 0 Å². The molecule has 2 N–H and O–H groups in total. The lowest BCUT2D eigenvalue weighted by Gasteiger charge is -2.45. The van der Waals surface area contributed by atoms with Gasteiger partial charge in [0.2, 0.25) is 5.95 Å². The topological polar surface area (TPSA) is 43.8 Å². The van der Waals surface area contributed by atoms with Gasteiger partial charge in [-0.25, -0.2) is 4.98 Å². The molecule has 0 amide bonds. The average molecular weight is 306 g/mol. The highest BCUT2D eigenvalue weighted by molar-refractivity contribution is 6.35. The molecule has 0 unspecified atom stereocenters. The molecule has 21 heavy (non-hydrogen) atoms. The number of nitrogens with two attached hydrogens (primary N) is 1. The van der Waals surface area contributed by atoms with Gasteiger partial charge in [0.05, 0.1) is 16.1 Å². The van der Waals surface area contributed by atoms with E-state index in [1.807, 2.05) is 18.2 Å². The highest BCUT2D eigenvalue weighted by Gasteiger charge is 2.40. The fourth-order valence-electron chi connectivity index (χ4n) is 4.46. The Morgan fingerprint density at radius 3 is 2.43 bits per heavy atom. The van der Waals surface area contributed by atoms with Gasteiger partial charge in [0.25, 0.3) is 0 Å². The van der Waals surface area contributed by atoms with Gasteiger partial charge in [-0.05, 0) is 42.2 Å². The second-order valence-corrected chi connectivity index (χ2v) is 8.42. The molecule has 1 aromatic heterocycles. The van der Waals surface area contributed by atoms with Gasteiger partial charge in [0.1, 0.15) is 0 Å². The molecule has 0 saturated heterocycles. The van der Waals surface area contributed by atoms with Gasteiger partial charge in [-0.3, -0.25) is 0 Å². The first kappa shape index (κ1) is 14.7. The van der Waals surface area contributed by atoms with E-state index >= 15 is 0 Å². The summed E-state index contributed by atoms with van der Waals surface area (Å²) in [5, 5.41) is 0.734. The van der Waals surface area contributed by atoms with Crippen LogP contribution >= 0.6 is 11.6 Å². The van der Waals surface area contributed by atoms with E-state index in [0.29, 0.717) is 22.8 Å². The fraction of sp³-hybridized carbons (Fsp3) is 0.588. The number of hydrogen-bond donors (Lipinski definition) is 1. The lowest BCUT2D eigenvalue weighted by Crippen LogP contribution is -2.35. The van der Waals surface area contributed by atoms with Crippen molar-refractivity contribution in [2.24, 2.45) is 10.8 Å². The molecular weight excluding hydrogens is 282 g/mol. The van der Waals surface area contributed by atoms with Crippen molar-refractivity contribution in [3.05, 3.63) is 23.2 Å². The molecule has 0 spiro atoms. The Kier molecular flexibility index (Phi) is 3.25. The normalized spacial score (nSPS) is 21.8. The summed E-state index contributed by atoms with van der Waals surface area (Å²) in [5.41, 5.74) is 8.70. The first-order valence-corrected chi connectivity index (χ1v) is 7.98. The zero-order valence-electron chi connectivity index (χ0n) is 13.3. The van der Waals surface area contributed by atoms with Crippen molar-refractivity contribution in [1.29, 1.82) is 0 Å². The average Bonchev–Trinajstić information content (AvgIpc) is 2.62. The number of fused-ring (bicyclic) bond motifs is 1. The molecule has 1 saturated carbocycles. The maximum atomic E-state index is 6.42. The number of nitrogens with zero attached hydrogens (tertiary/aromatic N) is 2. The number of para-hydroxylation sites is 1. The van der Waals surface area contributed by atoms with Crippen LogP contribution in [0.4, 0.5) is 5.95 Å². The summed E-state index contributed by atoms with van der Waals surface area (Å²) in [6.45, 7) is 9.38. The Morgan fingerprint density at radius 2 is 1.81 bits per heavy atom. The van der Waals surface area contributed by atoms with Crippen LogP contribution in [-0.4, -0.2) is 9.55 Å². The van der Waals surface area contributed by atoms with Crippen LogP contribution < -0.4 is 5.73 Å². The fourth-order valence-corrected chi connectivity index (χ4v) is 4.73. The van der Waals surface area contributed by atoms with E-state index in [4.69, 9.17) is 17.3 Å². The number of rotatable bonds is 1. The molecule has 1 aromatic carbocycles. The smallest absolute Gasteiger partial charge is 0.201 e. The van der Waals surface area contributed by atoms with Crippen molar-refractivity contribution in [3.8, 4) is 0 Å². The molecule has 0 aliphatic heterocycles. The molecule has 2 aromatic rings. The molecule has 1 heterocycles. The van der Waals surface area contributed by atoms with Crippen LogP contribution in [0.2, 0.25) is 5.02 Å². The van der Waals surface area contributed by atoms with E-state index in [2.05, 4.69) is 37.2 Å². The third kappa shape index (κ3) is 2.64. The Morgan fingerprint density at radius 1 is 1.19 bits per heavy atom. The van der Waals surface area contributed by atoms with Gasteiger partial charge in [0, 0.05) is 6.04 Å². The van der Waals surface area contributed by atoms with Crippen LogP contribution in [0.15, 0.2) is 18.2 Å². The van der Waals surface area contributed by atoms with E-state index in [9.17, 15) is 0 Å². The third-order valence-corrected chi connectivity index (χ3v) is 4.89. The summed E-state index contributed by atoms with van der Waals surface area (Å²) >= 11 is 6.42. The molecule has 114 valence electrons. The van der Waals surface area contributed by atoms with Crippen LogP contribution in [0, 0.1) is 10.8 Å². The first-order chi connectivity index (χ1) is 9.69. The zero-order valence-corrected chi connectivity index (χ0v) is 14.0. The van der Waals surface area contributed by atoms with E-state index in [1.54, 1.807) is 0 Å². The number of imidazole rings is 1. The van der Waals surface area contributed by atoms with Crippen LogP contribution in [-0.2, 0) is 0 Å². The third-order valence-electron chi connectivity index (χ3n) is 4.59. The summed E-state index contributed by atoms with van der Waals surface area (Å²) in [5.74, 6) is 0.580. The number of aromatic nitrogens is 2. The van der Waals surface area contributed by atoms with Crippen molar-refractivity contribution >= 4 is 28.6 Å². The SMILES string of the molecule is CC1(C)CC(n2c(N)nc3cccc(Cl)c32)CC(C)(C)C1. The lowest BCUT2D eigenvalue weighted by atomic mass is 9.63. The minimum Gasteiger partial charge on any atom is -0.369 e. The molecule has 3 rings (SSSR count). The maximum Gasteiger partial charge on any atom is 0.201 e. The van der Waals surface area contributed by atoms with Crippen molar-refractivity contribution in [2.75, 3.05) is 5.73 Å². The minimum atomic E-state index is 0.302. The Hall–Kier alpha value is -1.22. The standard InChI is InChI=1S/C17H24ClN3/c1-16(2)8-11(9-17(3,4)10-16)21-14-12(18)6-5-7-13(14)20-15(21)19/h5-7,11H,8-10H2,1-4H3,(H2,19,20). The molecule has 4 heteroatoms. The van der Waals surface area contributed by atoms with Crippen LogP contribution in [0.25, 0.3) is 11.0 Å². The predicted octanol–water partition coefficient (Wildman–Crippen LogP) is 5.05. The van der Waals surface area contributed by atoms with Gasteiger partial charge in [-0.1, -0.05) is 45.4 Å². The molecule has 1 fully saturated rings. The second kappa shape index (κ2) is 4.64. The highest BCUT2D eigenvalue weighted by Crippen LogP contribution is 2.51. The number of benzene rings is 1. The maximum absolute atomic E-state index is 6.42. The summed E-state index contributed by atoms with van der Waals surface area (Å²) in [6, 6.07) is 6.18. The van der Waals surface area contributed by atoms with Gasteiger partial charge in [0.15, 0.2) is 0 Å². The first-order valence-electron chi connectivity index (χ1n) is 7.61. The second-order valence-electron chi connectivity index (χ2n) is 8.01. The van der Waals surface area contributed by atoms with Crippen LogP contribution in [0.3, 0.4) is 0 Å². The van der Waals surface area contributed by atoms with E-state index in [-0.39, 0.29) is 0 Å². The number of hydrogen-bond acceptors (Lipinski definition) is 2. The largest absolute Gasteiger partial charge is 0.369 e. The molecule has 0 radical (unpaired) electrons. The Bertz CT molecular complexity index is 669. The summed E-state index contributed by atoms with van der Waals surface area (Å²) in [4.78, 5) is 4.50. The summed E-state index contributed by atoms with van der Waals surface area (Å²) in [7, 11) is 0. The minimum absolute atomic E-state index is 0.302. The van der Waals surface area contributed by atoms with E-state index in [1.165, 1.54) is 6.42 Å². The Balaban J connectivity index is 2.14. The molecule has 1 aliphatic rings. The van der Waals surface area contributed by atoms with Crippen LogP contribution in [0.5, 0.6) is 0 Å². The number of nitrogen functional groups attached to an aromatic ring is 1. The zero-order chi connectivity index (χ0) is 15.4. The van der Waals surface area contributed by atoms with Crippen molar-refractivity contribution in [1.82, 2.24) is 9.55 Å². The van der Waals surface area contributed by atoms with Crippen molar-refractivity contribution in [2.45, 2.75) is 53.0 Å². The van der Waals surface area contributed by atoms with Gasteiger partial charge < -0.3 is 10.3 Å². The Labute approximate surface area is 131 Å². The number of halogens is 1. The van der Waals surface area contributed by atoms with Crippen molar-refractivity contribution < 1.29 is 0 Å². The quantitative estimate of drug-likeness (QED) is 0.801. The monoisotopic (exact) mass is 305 g/mol. The predicted molar refractivity (Wildman–Crippen MR) is 89.6 cm³/mol. The van der Waals surface area contributed by atoms with Gasteiger partial charge >= 0.3 is 0 Å². The van der Waals surface area contributed by atoms with E-state index < -0.39 is 0 Å². The molecular formula is C17H24ClN3. The summed E-state index contributed by atoms with van der Waals surface area (Å²) in [6.07, 6.45) is 3.45. The molecule has 0 bridgehead atoms.